The minimum atomic E-state index is -0.493. The molecule has 6 unspecified atom stereocenters. The van der Waals surface area contributed by atoms with Crippen LogP contribution in [0.25, 0.3) is 0 Å². The third-order valence-corrected chi connectivity index (χ3v) is 6.64. The molecule has 0 aromatic rings. The average Bonchev–Trinajstić information content (AvgIpc) is 3.28. The Labute approximate surface area is 195 Å². The molecule has 2 N–H and O–H groups in total. The molecular weight excluding hydrogens is 410 g/mol. The van der Waals surface area contributed by atoms with Gasteiger partial charge in [0.1, 0.15) is 0 Å². The Morgan fingerprint density at radius 3 is 2.16 bits per heavy atom. The second-order valence-corrected chi connectivity index (χ2v) is 8.40. The van der Waals surface area contributed by atoms with Gasteiger partial charge in [-0.05, 0) is 18.8 Å². The molecule has 0 aliphatic carbocycles. The van der Waals surface area contributed by atoms with Crippen LogP contribution in [0, 0.1) is 11.8 Å². The van der Waals surface area contributed by atoms with Gasteiger partial charge < -0.3 is 25.0 Å². The number of hydrogen-bond donors (Lipinski definition) is 1. The number of nitrogens with two attached hydrogens (primary N) is 1. The quantitative estimate of drug-likeness (QED) is 0.485. The van der Waals surface area contributed by atoms with E-state index in [1.54, 1.807) is 38.0 Å². The lowest BCUT2D eigenvalue weighted by atomic mass is 9.90. The second kappa shape index (κ2) is 15.2. The first kappa shape index (κ1) is 30.3. The highest BCUT2D eigenvalue weighted by Gasteiger charge is 2.41. The van der Waals surface area contributed by atoms with Crippen molar-refractivity contribution in [1.82, 2.24) is 9.80 Å². The zero-order valence-corrected chi connectivity index (χ0v) is 21.7. The molecule has 0 aromatic heterocycles. The Kier molecular flexibility index (Phi) is 14.4. The zero-order chi connectivity index (χ0) is 25.0. The molecule has 0 aromatic carbocycles. The highest BCUT2D eigenvalue weighted by Crippen LogP contribution is 2.29. The maximum absolute atomic E-state index is 13.3. The minimum Gasteiger partial charge on any atom is -0.379 e. The number of amides is 3. The number of likely N-dealkylation sites (N-methyl/N-ethyl adjacent to an activating group) is 1. The van der Waals surface area contributed by atoms with Crippen molar-refractivity contribution in [2.75, 3.05) is 27.8 Å². The van der Waals surface area contributed by atoms with Gasteiger partial charge in [0.05, 0.1) is 36.6 Å². The molecule has 1 aliphatic heterocycles. The van der Waals surface area contributed by atoms with Gasteiger partial charge in [-0.2, -0.15) is 0 Å². The number of ether oxygens (including phenoxy) is 2. The largest absolute Gasteiger partial charge is 0.379 e. The summed E-state index contributed by atoms with van der Waals surface area (Å²) in [4.78, 5) is 40.9. The summed E-state index contributed by atoms with van der Waals surface area (Å²) in [5.41, 5.74) is 5.49. The highest BCUT2D eigenvalue weighted by molar-refractivity contribution is 5.79. The van der Waals surface area contributed by atoms with Crippen LogP contribution >= 0.6 is 0 Å². The Morgan fingerprint density at radius 1 is 1.12 bits per heavy atom. The lowest BCUT2D eigenvalue weighted by molar-refractivity contribution is -0.145. The smallest absolute Gasteiger partial charge is 0.225 e. The van der Waals surface area contributed by atoms with Crippen molar-refractivity contribution in [3.8, 4) is 0 Å². The maximum Gasteiger partial charge on any atom is 0.225 e. The van der Waals surface area contributed by atoms with Crippen LogP contribution in [0.3, 0.4) is 0 Å². The van der Waals surface area contributed by atoms with Gasteiger partial charge in [0.15, 0.2) is 0 Å². The average molecular weight is 458 g/mol. The molecule has 8 heteroatoms. The summed E-state index contributed by atoms with van der Waals surface area (Å²) in [5, 5.41) is 0. The number of hydrogen-bond acceptors (Lipinski definition) is 5. The molecule has 32 heavy (non-hydrogen) atoms. The lowest BCUT2D eigenvalue weighted by Crippen LogP contribution is -2.53. The van der Waals surface area contributed by atoms with E-state index >= 15 is 0 Å². The van der Waals surface area contributed by atoms with Gasteiger partial charge >= 0.3 is 0 Å². The standard InChI is InChI=1S/C22H41N3O5.C2H6/c1-8-14(3)20(24(5)18(26)9-2)17(29-6)13-19(27)25-12-10-11-16(25)21(30-7)15(4)22(23)28;1-2/h14-17,20-21H,8-13H2,1-7H3,(H2,23,28);1-2H3. The SMILES string of the molecule is CC.CCC(=O)N(C)C(C(C)CC)C(CC(=O)N1CCCC1C(OC)C(C)C(N)=O)OC. The lowest BCUT2D eigenvalue weighted by Gasteiger charge is -2.39. The number of nitrogens with zero attached hydrogens (tertiary/aromatic N) is 2. The Bertz CT molecular complexity index is 586. The molecule has 1 fully saturated rings. The Morgan fingerprint density at radius 2 is 1.72 bits per heavy atom. The first-order chi connectivity index (χ1) is 15.1. The molecule has 0 spiro atoms. The van der Waals surface area contributed by atoms with Crippen LogP contribution in [0.1, 0.15) is 73.6 Å². The van der Waals surface area contributed by atoms with Crippen molar-refractivity contribution in [3.63, 3.8) is 0 Å². The monoisotopic (exact) mass is 457 g/mol. The summed E-state index contributed by atoms with van der Waals surface area (Å²) in [6.45, 7) is 12.3. The molecule has 3 amide bonds. The van der Waals surface area contributed by atoms with Crippen molar-refractivity contribution < 1.29 is 23.9 Å². The molecule has 1 aliphatic rings. The van der Waals surface area contributed by atoms with Gasteiger partial charge in [-0.3, -0.25) is 14.4 Å². The van der Waals surface area contributed by atoms with Crippen molar-refractivity contribution >= 4 is 17.7 Å². The van der Waals surface area contributed by atoms with E-state index in [4.69, 9.17) is 15.2 Å². The summed E-state index contributed by atoms with van der Waals surface area (Å²) in [7, 11) is 4.92. The highest BCUT2D eigenvalue weighted by atomic mass is 16.5. The minimum absolute atomic E-state index is 0.0311. The van der Waals surface area contributed by atoms with Gasteiger partial charge in [0.25, 0.3) is 0 Å². The fourth-order valence-electron chi connectivity index (χ4n) is 4.59. The van der Waals surface area contributed by atoms with E-state index in [0.29, 0.717) is 13.0 Å². The summed E-state index contributed by atoms with van der Waals surface area (Å²) >= 11 is 0. The summed E-state index contributed by atoms with van der Waals surface area (Å²) in [6.07, 6.45) is 2.21. The van der Waals surface area contributed by atoms with Crippen molar-refractivity contribution in [1.29, 1.82) is 0 Å². The number of primary amides is 1. The van der Waals surface area contributed by atoms with Crippen molar-refractivity contribution in [2.45, 2.75) is 97.9 Å². The number of carbonyl (C=O) groups excluding carboxylic acids is 3. The predicted octanol–water partition coefficient (Wildman–Crippen LogP) is 2.83. The fourth-order valence-corrected chi connectivity index (χ4v) is 4.59. The third-order valence-electron chi connectivity index (χ3n) is 6.64. The van der Waals surface area contributed by atoms with Crippen LogP contribution in [-0.4, -0.2) is 79.6 Å². The topological polar surface area (TPSA) is 102 Å². The van der Waals surface area contributed by atoms with Crippen LogP contribution in [0.15, 0.2) is 0 Å². The molecular formula is C24H47N3O5. The van der Waals surface area contributed by atoms with Crippen molar-refractivity contribution in [2.24, 2.45) is 17.6 Å². The first-order valence-electron chi connectivity index (χ1n) is 12.0. The number of carbonyl (C=O) groups is 3. The zero-order valence-electron chi connectivity index (χ0n) is 21.7. The van der Waals surface area contributed by atoms with Gasteiger partial charge in [-0.1, -0.05) is 48.0 Å². The molecule has 1 rings (SSSR count). The molecule has 0 radical (unpaired) electrons. The molecule has 0 saturated carbocycles. The molecule has 8 nitrogen and oxygen atoms in total. The molecule has 1 heterocycles. The van der Waals surface area contributed by atoms with E-state index in [1.165, 1.54) is 0 Å². The van der Waals surface area contributed by atoms with E-state index in [-0.39, 0.29) is 36.2 Å². The maximum atomic E-state index is 13.3. The van der Waals surface area contributed by atoms with Crippen LogP contribution in [0.2, 0.25) is 0 Å². The molecule has 1 saturated heterocycles. The van der Waals surface area contributed by atoms with E-state index in [0.717, 1.165) is 19.3 Å². The van der Waals surface area contributed by atoms with Crippen LogP contribution in [0.4, 0.5) is 0 Å². The van der Waals surface area contributed by atoms with E-state index in [9.17, 15) is 14.4 Å². The van der Waals surface area contributed by atoms with E-state index in [1.807, 2.05) is 20.8 Å². The molecule has 0 bridgehead atoms. The third kappa shape index (κ3) is 7.73. The first-order valence-corrected chi connectivity index (χ1v) is 12.0. The van der Waals surface area contributed by atoms with Gasteiger partial charge in [-0.15, -0.1) is 0 Å². The van der Waals surface area contributed by atoms with Gasteiger partial charge in [0, 0.05) is 34.2 Å². The second-order valence-electron chi connectivity index (χ2n) is 8.40. The summed E-state index contributed by atoms with van der Waals surface area (Å²) in [6, 6.07) is -0.389. The van der Waals surface area contributed by atoms with Crippen LogP contribution < -0.4 is 5.73 Å². The van der Waals surface area contributed by atoms with Gasteiger partial charge in [-0.25, -0.2) is 0 Å². The summed E-state index contributed by atoms with van der Waals surface area (Å²) < 4.78 is 11.3. The van der Waals surface area contributed by atoms with Gasteiger partial charge in [0.2, 0.25) is 17.7 Å². The fraction of sp³-hybridized carbons (Fsp3) is 0.875. The number of likely N-dealkylation sites (tertiary alicyclic amines) is 1. The number of rotatable bonds is 12. The molecule has 6 atom stereocenters. The van der Waals surface area contributed by atoms with Crippen LogP contribution in [-0.2, 0) is 23.9 Å². The molecule has 188 valence electrons. The Balaban J connectivity index is 0.00000466. The predicted molar refractivity (Wildman–Crippen MR) is 127 cm³/mol. The van der Waals surface area contributed by atoms with Crippen molar-refractivity contribution in [3.05, 3.63) is 0 Å². The van der Waals surface area contributed by atoms with E-state index in [2.05, 4.69) is 13.8 Å². The normalized spacial score (nSPS) is 20.4. The number of methoxy groups -OCH3 is 2. The summed E-state index contributed by atoms with van der Waals surface area (Å²) in [5.74, 6) is -0.767. The van der Waals surface area contributed by atoms with E-state index < -0.39 is 24.0 Å². The Hall–Kier alpha value is -1.67. The van der Waals surface area contributed by atoms with Crippen LogP contribution in [0.5, 0.6) is 0 Å².